The summed E-state index contributed by atoms with van der Waals surface area (Å²) in [7, 11) is 0. The Balaban J connectivity index is 1.29. The van der Waals surface area contributed by atoms with Crippen LogP contribution in [0.15, 0.2) is 58.3 Å². The third-order valence-corrected chi connectivity index (χ3v) is 8.04. The third-order valence-electron chi connectivity index (χ3n) is 7.42. The van der Waals surface area contributed by atoms with Crippen LogP contribution >= 0.6 is 23.8 Å². The number of aliphatic imine (C=N–C) groups is 1. The van der Waals surface area contributed by atoms with Gasteiger partial charge in [-0.3, -0.25) is 24.5 Å². The molecular weight excluding hydrogens is 522 g/mol. The number of hydrogen-bond acceptors (Lipinski definition) is 5. The van der Waals surface area contributed by atoms with E-state index < -0.39 is 11.4 Å². The molecule has 1 aliphatic carbocycles. The van der Waals surface area contributed by atoms with E-state index in [1.54, 1.807) is 10.6 Å². The van der Waals surface area contributed by atoms with Gasteiger partial charge in [-0.05, 0) is 55.2 Å². The van der Waals surface area contributed by atoms with Crippen LogP contribution in [0.5, 0.6) is 5.88 Å². The van der Waals surface area contributed by atoms with Crippen molar-refractivity contribution in [1.82, 2.24) is 14.5 Å². The van der Waals surface area contributed by atoms with Crippen molar-refractivity contribution >= 4 is 47.3 Å². The van der Waals surface area contributed by atoms with Gasteiger partial charge in [0, 0.05) is 23.9 Å². The number of carbonyl (C=O) groups excluding carboxylic acids is 1. The molecule has 198 valence electrons. The molecule has 1 aromatic heterocycles. The van der Waals surface area contributed by atoms with Crippen molar-refractivity contribution < 1.29 is 14.8 Å². The van der Waals surface area contributed by atoms with E-state index in [1.807, 2.05) is 47.4 Å². The Bertz CT molecular complexity index is 1460. The molecule has 2 fully saturated rings. The van der Waals surface area contributed by atoms with Gasteiger partial charge in [0.05, 0.1) is 37.4 Å². The maximum absolute atomic E-state index is 13.2. The number of aromatic nitrogens is 2. The highest BCUT2D eigenvalue weighted by Gasteiger charge is 2.27. The van der Waals surface area contributed by atoms with Crippen LogP contribution in [0, 0.1) is 4.77 Å². The highest BCUT2D eigenvalue weighted by molar-refractivity contribution is 7.71. The van der Waals surface area contributed by atoms with Crippen LogP contribution in [0.3, 0.4) is 0 Å². The van der Waals surface area contributed by atoms with E-state index in [2.05, 4.69) is 9.98 Å². The first kappa shape index (κ1) is 26.3. The summed E-state index contributed by atoms with van der Waals surface area (Å²) in [5.41, 5.74) is 1.61. The molecule has 5 rings (SSSR count). The summed E-state index contributed by atoms with van der Waals surface area (Å²) in [5.74, 6) is -0.355. The van der Waals surface area contributed by atoms with Gasteiger partial charge in [0.2, 0.25) is 0 Å². The molecule has 2 aliphatic rings. The molecular formula is C28H30ClN5O3S. The molecule has 1 aliphatic heterocycles. The van der Waals surface area contributed by atoms with E-state index in [4.69, 9.17) is 23.8 Å². The molecule has 1 saturated heterocycles. The summed E-state index contributed by atoms with van der Waals surface area (Å²) in [6.07, 6.45) is 6.29. The maximum atomic E-state index is 13.2. The zero-order valence-electron chi connectivity index (χ0n) is 21.0. The minimum Gasteiger partial charge on any atom is -0.859 e. The highest BCUT2D eigenvalue weighted by atomic mass is 35.5. The number of hydrogen-bond donors (Lipinski definition) is 2. The molecule has 2 aromatic carbocycles. The topological polar surface area (TPSA) is 98.0 Å². The molecule has 0 unspecified atom stereocenters. The number of quaternary nitrogens is 1. The molecule has 8 nitrogen and oxygen atoms in total. The first-order chi connectivity index (χ1) is 18.4. The van der Waals surface area contributed by atoms with Crippen LogP contribution in [0.1, 0.15) is 54.1 Å². The number of H-pyrrole nitrogens is 1. The van der Waals surface area contributed by atoms with E-state index >= 15 is 0 Å². The SMILES string of the molecule is O=C(c1ccccc1)N1CC[NH+](c2ccc(N=Cc3c([O-])n(C4CCCCC4)c(=S)[nH]c3=O)cc2Cl)CC1. The van der Waals surface area contributed by atoms with E-state index in [0.29, 0.717) is 29.4 Å². The Kier molecular flexibility index (Phi) is 8.06. The van der Waals surface area contributed by atoms with Crippen LogP contribution in [0.2, 0.25) is 5.02 Å². The number of amides is 1. The normalized spacial score (nSPS) is 17.2. The average Bonchev–Trinajstić information content (AvgIpc) is 2.93. The van der Waals surface area contributed by atoms with Crippen molar-refractivity contribution in [3.05, 3.63) is 79.8 Å². The highest BCUT2D eigenvalue weighted by Crippen LogP contribution is 2.31. The van der Waals surface area contributed by atoms with Gasteiger partial charge in [-0.2, -0.15) is 0 Å². The van der Waals surface area contributed by atoms with Crippen molar-refractivity contribution in [2.45, 2.75) is 38.1 Å². The van der Waals surface area contributed by atoms with E-state index in [0.717, 1.165) is 50.9 Å². The van der Waals surface area contributed by atoms with E-state index in [1.165, 1.54) is 11.1 Å². The standard InChI is InChI=1S/C28H30ClN5O3S/c29-23-17-20(30-18-22-25(35)31-28(38)34(27(22)37)21-9-5-2-6-10-21)11-12-24(23)32-13-15-33(16-14-32)26(36)19-7-3-1-4-8-19/h1,3-4,7-8,11-12,17-18,21,37H,2,5-6,9-10,13-16H2,(H,31,35,38). The molecule has 1 saturated carbocycles. The summed E-state index contributed by atoms with van der Waals surface area (Å²) in [6.45, 7) is 2.75. The Labute approximate surface area is 231 Å². The van der Waals surface area contributed by atoms with Crippen LogP contribution < -0.4 is 15.6 Å². The number of nitrogens with one attached hydrogen (secondary N) is 2. The summed E-state index contributed by atoms with van der Waals surface area (Å²) in [6, 6.07) is 14.8. The first-order valence-corrected chi connectivity index (χ1v) is 13.8. The van der Waals surface area contributed by atoms with Crippen LogP contribution in [0.25, 0.3) is 0 Å². The number of carbonyl (C=O) groups is 1. The lowest BCUT2D eigenvalue weighted by molar-refractivity contribution is -0.837. The molecule has 2 heterocycles. The number of piperazine rings is 1. The number of halogens is 1. The molecule has 0 spiro atoms. The van der Waals surface area contributed by atoms with Gasteiger partial charge in [-0.25, -0.2) is 0 Å². The van der Waals surface area contributed by atoms with Crippen LogP contribution in [0.4, 0.5) is 11.4 Å². The zero-order valence-corrected chi connectivity index (χ0v) is 22.6. The van der Waals surface area contributed by atoms with Gasteiger partial charge in [0.1, 0.15) is 10.7 Å². The molecule has 3 aromatic rings. The van der Waals surface area contributed by atoms with Crippen molar-refractivity contribution in [2.75, 3.05) is 26.2 Å². The molecule has 38 heavy (non-hydrogen) atoms. The van der Waals surface area contributed by atoms with Crippen molar-refractivity contribution in [3.8, 4) is 5.88 Å². The smallest absolute Gasteiger partial charge is 0.259 e. The molecule has 0 atom stereocenters. The molecule has 10 heteroatoms. The molecule has 0 radical (unpaired) electrons. The van der Waals surface area contributed by atoms with Crippen LogP contribution in [-0.4, -0.2) is 52.8 Å². The van der Waals surface area contributed by atoms with Crippen molar-refractivity contribution in [1.29, 1.82) is 0 Å². The van der Waals surface area contributed by atoms with Crippen molar-refractivity contribution in [3.63, 3.8) is 0 Å². The lowest BCUT2D eigenvalue weighted by atomic mass is 9.95. The van der Waals surface area contributed by atoms with Gasteiger partial charge >= 0.3 is 0 Å². The van der Waals surface area contributed by atoms with Crippen LogP contribution in [-0.2, 0) is 0 Å². The second-order valence-electron chi connectivity index (χ2n) is 9.82. The monoisotopic (exact) mass is 551 g/mol. The Hall–Kier alpha value is -3.27. The number of aromatic amines is 1. The lowest BCUT2D eigenvalue weighted by Gasteiger charge is -2.32. The fourth-order valence-electron chi connectivity index (χ4n) is 5.35. The van der Waals surface area contributed by atoms with Gasteiger partial charge in [-0.15, -0.1) is 0 Å². The third kappa shape index (κ3) is 5.60. The number of rotatable bonds is 5. The maximum Gasteiger partial charge on any atom is 0.259 e. The molecule has 1 amide bonds. The lowest BCUT2D eigenvalue weighted by Crippen LogP contribution is -3.10. The minimum atomic E-state index is -0.536. The van der Waals surface area contributed by atoms with E-state index in [9.17, 15) is 14.7 Å². The van der Waals surface area contributed by atoms with Gasteiger partial charge < -0.3 is 14.6 Å². The summed E-state index contributed by atoms with van der Waals surface area (Å²) >= 11 is 11.9. The number of benzene rings is 2. The minimum absolute atomic E-state index is 0.00732. The number of nitrogens with zero attached hydrogens (tertiary/aromatic N) is 3. The Morgan fingerprint density at radius 1 is 1.11 bits per heavy atom. The predicted molar refractivity (Wildman–Crippen MR) is 149 cm³/mol. The molecule has 2 N–H and O–H groups in total. The van der Waals surface area contributed by atoms with Gasteiger partial charge in [0.25, 0.3) is 11.5 Å². The van der Waals surface area contributed by atoms with E-state index in [-0.39, 0.29) is 22.3 Å². The Morgan fingerprint density at radius 2 is 1.82 bits per heavy atom. The first-order valence-electron chi connectivity index (χ1n) is 13.0. The Morgan fingerprint density at radius 3 is 2.50 bits per heavy atom. The molecule has 0 bridgehead atoms. The summed E-state index contributed by atoms with van der Waals surface area (Å²) < 4.78 is 1.71. The quantitative estimate of drug-likeness (QED) is 0.374. The van der Waals surface area contributed by atoms with Gasteiger partial charge in [-0.1, -0.05) is 49.1 Å². The predicted octanol–water partition coefficient (Wildman–Crippen LogP) is 3.56. The summed E-state index contributed by atoms with van der Waals surface area (Å²) in [5, 5.41) is 13.7. The summed E-state index contributed by atoms with van der Waals surface area (Å²) in [4.78, 5) is 35.4. The fraction of sp³-hybridized carbons (Fsp3) is 0.357. The second-order valence-corrected chi connectivity index (χ2v) is 10.6. The fourth-order valence-corrected chi connectivity index (χ4v) is 5.98. The zero-order chi connectivity index (χ0) is 26.6. The largest absolute Gasteiger partial charge is 0.859 e. The second kappa shape index (κ2) is 11.6. The average molecular weight is 552 g/mol. The van der Waals surface area contributed by atoms with Crippen molar-refractivity contribution in [2.24, 2.45) is 4.99 Å². The van der Waals surface area contributed by atoms with Gasteiger partial charge in [0.15, 0.2) is 4.77 Å².